The molecule has 102 valence electrons. The van der Waals surface area contributed by atoms with Crippen molar-refractivity contribution < 1.29 is 4.39 Å². The summed E-state index contributed by atoms with van der Waals surface area (Å²) in [5.41, 5.74) is 0.873. The van der Waals surface area contributed by atoms with E-state index in [0.717, 1.165) is 29.3 Å². The van der Waals surface area contributed by atoms with Crippen molar-refractivity contribution in [1.82, 2.24) is 10.3 Å². The molecule has 0 spiro atoms. The van der Waals surface area contributed by atoms with E-state index in [4.69, 9.17) is 11.6 Å². The number of nitrogens with one attached hydrogen (secondary N) is 1. The van der Waals surface area contributed by atoms with E-state index in [1.165, 1.54) is 17.1 Å². The Balaban J connectivity index is 2.15. The molecule has 0 saturated carbocycles. The number of rotatable bonds is 6. The molecular formula is C14H16ClFN2S. The SMILES string of the molecule is CCCNC(Cc1ccc(Cl)s1)c1cncc(F)c1. The van der Waals surface area contributed by atoms with Gasteiger partial charge in [-0.2, -0.15) is 0 Å². The molecule has 0 amide bonds. The van der Waals surface area contributed by atoms with Gasteiger partial charge < -0.3 is 5.32 Å². The summed E-state index contributed by atoms with van der Waals surface area (Å²) in [5.74, 6) is -0.301. The van der Waals surface area contributed by atoms with Gasteiger partial charge in [-0.1, -0.05) is 18.5 Å². The second kappa shape index (κ2) is 6.98. The molecule has 1 N–H and O–H groups in total. The lowest BCUT2D eigenvalue weighted by Crippen LogP contribution is -2.24. The third-order valence-corrected chi connectivity index (χ3v) is 4.06. The molecule has 2 aromatic rings. The predicted molar refractivity (Wildman–Crippen MR) is 78.3 cm³/mol. The van der Waals surface area contributed by atoms with Gasteiger partial charge in [-0.05, 0) is 36.7 Å². The quantitative estimate of drug-likeness (QED) is 0.864. The van der Waals surface area contributed by atoms with Crippen molar-refractivity contribution in [1.29, 1.82) is 0 Å². The van der Waals surface area contributed by atoms with Crippen LogP contribution in [-0.2, 0) is 6.42 Å². The van der Waals surface area contributed by atoms with Crippen molar-refractivity contribution in [2.45, 2.75) is 25.8 Å². The molecule has 0 aliphatic carbocycles. The van der Waals surface area contributed by atoms with Crippen molar-refractivity contribution in [2.75, 3.05) is 6.54 Å². The molecule has 0 bridgehead atoms. The highest BCUT2D eigenvalue weighted by Crippen LogP contribution is 2.26. The number of aromatic nitrogens is 1. The van der Waals surface area contributed by atoms with Gasteiger partial charge in [0.05, 0.1) is 10.5 Å². The maximum atomic E-state index is 13.3. The molecule has 0 fully saturated rings. The fourth-order valence-corrected chi connectivity index (χ4v) is 3.04. The number of thiophene rings is 1. The fourth-order valence-electron chi connectivity index (χ4n) is 1.91. The number of hydrogen-bond donors (Lipinski definition) is 1. The van der Waals surface area contributed by atoms with Crippen LogP contribution in [-0.4, -0.2) is 11.5 Å². The topological polar surface area (TPSA) is 24.9 Å². The van der Waals surface area contributed by atoms with Gasteiger partial charge in [-0.25, -0.2) is 4.39 Å². The van der Waals surface area contributed by atoms with Crippen LogP contribution in [0.25, 0.3) is 0 Å². The van der Waals surface area contributed by atoms with Crippen LogP contribution in [0.1, 0.15) is 29.8 Å². The molecule has 1 unspecified atom stereocenters. The predicted octanol–water partition coefficient (Wildman–Crippen LogP) is 4.22. The Kier molecular flexibility index (Phi) is 5.31. The first kappa shape index (κ1) is 14.4. The standard InChI is InChI=1S/C14H16ClFN2S/c1-2-5-18-13(7-12-3-4-14(15)19-12)10-6-11(16)9-17-8-10/h3-4,6,8-9,13,18H,2,5,7H2,1H3. The van der Waals surface area contributed by atoms with E-state index in [-0.39, 0.29) is 11.9 Å². The molecule has 5 heteroatoms. The van der Waals surface area contributed by atoms with Gasteiger partial charge in [0.1, 0.15) is 5.82 Å². The van der Waals surface area contributed by atoms with Crippen LogP contribution in [0.3, 0.4) is 0 Å². The minimum Gasteiger partial charge on any atom is -0.310 e. The van der Waals surface area contributed by atoms with Crippen molar-refractivity contribution in [3.05, 3.63) is 51.2 Å². The Bertz CT molecular complexity index is 530. The summed E-state index contributed by atoms with van der Waals surface area (Å²) >= 11 is 7.50. The Hall–Kier alpha value is -0.970. The Morgan fingerprint density at radius 2 is 2.26 bits per heavy atom. The Labute approximate surface area is 121 Å². The number of hydrogen-bond acceptors (Lipinski definition) is 3. The van der Waals surface area contributed by atoms with Gasteiger partial charge in [-0.3, -0.25) is 4.98 Å². The van der Waals surface area contributed by atoms with E-state index in [1.807, 2.05) is 12.1 Å². The summed E-state index contributed by atoms with van der Waals surface area (Å²) in [6.07, 6.45) is 4.76. The van der Waals surface area contributed by atoms with Crippen LogP contribution < -0.4 is 5.32 Å². The maximum Gasteiger partial charge on any atom is 0.141 e. The maximum absolute atomic E-state index is 13.3. The van der Waals surface area contributed by atoms with E-state index in [2.05, 4.69) is 17.2 Å². The molecule has 2 nitrogen and oxygen atoms in total. The molecule has 19 heavy (non-hydrogen) atoms. The smallest absolute Gasteiger partial charge is 0.141 e. The van der Waals surface area contributed by atoms with Crippen molar-refractivity contribution in [3.8, 4) is 0 Å². The highest BCUT2D eigenvalue weighted by molar-refractivity contribution is 7.16. The van der Waals surface area contributed by atoms with E-state index < -0.39 is 0 Å². The first-order valence-corrected chi connectivity index (χ1v) is 7.46. The average Bonchev–Trinajstić information content (AvgIpc) is 2.80. The molecule has 0 aromatic carbocycles. The van der Waals surface area contributed by atoms with Gasteiger partial charge in [0.25, 0.3) is 0 Å². The first-order chi connectivity index (χ1) is 9.19. The minimum absolute atomic E-state index is 0.0675. The van der Waals surface area contributed by atoms with Crippen LogP contribution in [0.5, 0.6) is 0 Å². The van der Waals surface area contributed by atoms with Gasteiger partial charge in [0.15, 0.2) is 0 Å². The van der Waals surface area contributed by atoms with Crippen LogP contribution in [0.4, 0.5) is 4.39 Å². The molecule has 0 aliphatic heterocycles. The van der Waals surface area contributed by atoms with E-state index in [9.17, 15) is 4.39 Å². The van der Waals surface area contributed by atoms with Crippen molar-refractivity contribution in [2.24, 2.45) is 0 Å². The summed E-state index contributed by atoms with van der Waals surface area (Å²) in [4.78, 5) is 5.11. The molecule has 1 atom stereocenters. The zero-order valence-corrected chi connectivity index (χ0v) is 12.3. The third-order valence-electron chi connectivity index (χ3n) is 2.80. The molecule has 2 rings (SSSR count). The first-order valence-electron chi connectivity index (χ1n) is 6.27. The molecular weight excluding hydrogens is 283 g/mol. The second-order valence-corrected chi connectivity index (χ2v) is 6.15. The van der Waals surface area contributed by atoms with E-state index in [0.29, 0.717) is 0 Å². The summed E-state index contributed by atoms with van der Waals surface area (Å²) in [6.45, 7) is 3.00. The van der Waals surface area contributed by atoms with Gasteiger partial charge in [0, 0.05) is 23.5 Å². The number of pyridine rings is 1. The summed E-state index contributed by atoms with van der Waals surface area (Å²) in [6, 6.07) is 5.51. The summed E-state index contributed by atoms with van der Waals surface area (Å²) < 4.78 is 14.1. The number of nitrogens with zero attached hydrogens (tertiary/aromatic N) is 1. The van der Waals surface area contributed by atoms with Gasteiger partial charge in [-0.15, -0.1) is 11.3 Å². The lowest BCUT2D eigenvalue weighted by molar-refractivity contribution is 0.524. The van der Waals surface area contributed by atoms with Crippen LogP contribution in [0.15, 0.2) is 30.6 Å². The highest BCUT2D eigenvalue weighted by atomic mass is 35.5. The average molecular weight is 299 g/mol. The van der Waals surface area contributed by atoms with E-state index >= 15 is 0 Å². The number of halogens is 2. The Morgan fingerprint density at radius 3 is 2.89 bits per heavy atom. The zero-order valence-electron chi connectivity index (χ0n) is 10.7. The van der Waals surface area contributed by atoms with Gasteiger partial charge in [0.2, 0.25) is 0 Å². The molecule has 0 radical (unpaired) electrons. The minimum atomic E-state index is -0.301. The zero-order chi connectivity index (χ0) is 13.7. The summed E-state index contributed by atoms with van der Waals surface area (Å²) in [7, 11) is 0. The lowest BCUT2D eigenvalue weighted by Gasteiger charge is -2.18. The fraction of sp³-hybridized carbons (Fsp3) is 0.357. The van der Waals surface area contributed by atoms with E-state index in [1.54, 1.807) is 17.5 Å². The Morgan fingerprint density at radius 1 is 1.42 bits per heavy atom. The van der Waals surface area contributed by atoms with Crippen molar-refractivity contribution in [3.63, 3.8) is 0 Å². The monoisotopic (exact) mass is 298 g/mol. The lowest BCUT2D eigenvalue weighted by atomic mass is 10.0. The molecule has 2 aromatic heterocycles. The third kappa shape index (κ3) is 4.27. The highest BCUT2D eigenvalue weighted by Gasteiger charge is 2.14. The summed E-state index contributed by atoms with van der Waals surface area (Å²) in [5, 5.41) is 3.43. The van der Waals surface area contributed by atoms with Gasteiger partial charge >= 0.3 is 0 Å². The normalized spacial score (nSPS) is 12.6. The second-order valence-electron chi connectivity index (χ2n) is 4.35. The largest absolute Gasteiger partial charge is 0.310 e. The van der Waals surface area contributed by atoms with Crippen molar-refractivity contribution >= 4 is 22.9 Å². The molecule has 2 heterocycles. The van der Waals surface area contributed by atoms with Crippen LogP contribution >= 0.6 is 22.9 Å². The molecule has 0 saturated heterocycles. The van der Waals surface area contributed by atoms with Crippen LogP contribution in [0.2, 0.25) is 4.34 Å². The molecule has 0 aliphatic rings. The van der Waals surface area contributed by atoms with Crippen LogP contribution in [0, 0.1) is 5.82 Å².